The lowest BCUT2D eigenvalue weighted by Gasteiger charge is -2.21. The van der Waals surface area contributed by atoms with Crippen LogP contribution in [0.15, 0.2) is 0 Å². The minimum absolute atomic E-state index is 0.0955. The smallest absolute Gasteiger partial charge is 0.0608 e. The first-order valence-electron chi connectivity index (χ1n) is 5.15. The van der Waals surface area contributed by atoms with Crippen LogP contribution in [0.2, 0.25) is 0 Å². The van der Waals surface area contributed by atoms with Crippen LogP contribution < -0.4 is 5.73 Å². The number of aliphatic hydroxyl groups excluding tert-OH is 1. The molecule has 0 radical (unpaired) electrons. The fourth-order valence-electron chi connectivity index (χ4n) is 1.59. The molecule has 0 heterocycles. The summed E-state index contributed by atoms with van der Waals surface area (Å²) in [6.45, 7) is 2.01. The minimum atomic E-state index is -0.369. The van der Waals surface area contributed by atoms with Crippen molar-refractivity contribution < 1.29 is 5.11 Å². The largest absolute Gasteiger partial charge is 0.394 e. The molecule has 1 rings (SSSR count). The topological polar surface area (TPSA) is 46.2 Å². The Bertz CT molecular complexity index is 144. The van der Waals surface area contributed by atoms with Gasteiger partial charge in [0.2, 0.25) is 0 Å². The molecule has 0 amide bonds. The highest BCUT2D eigenvalue weighted by molar-refractivity contribution is 7.99. The highest BCUT2D eigenvalue weighted by atomic mass is 32.2. The number of rotatable bonds is 5. The number of nitrogens with two attached hydrogens (primary N) is 1. The van der Waals surface area contributed by atoms with Gasteiger partial charge in [0.05, 0.1) is 6.61 Å². The summed E-state index contributed by atoms with van der Waals surface area (Å²) in [4.78, 5) is 0. The van der Waals surface area contributed by atoms with Crippen LogP contribution in [0.25, 0.3) is 0 Å². The summed E-state index contributed by atoms with van der Waals surface area (Å²) in [5, 5.41) is 9.82. The molecule has 0 aromatic carbocycles. The van der Waals surface area contributed by atoms with E-state index in [1.54, 1.807) is 0 Å². The van der Waals surface area contributed by atoms with Crippen molar-refractivity contribution in [3.05, 3.63) is 0 Å². The average Bonchev–Trinajstić information content (AvgIpc) is 2.57. The van der Waals surface area contributed by atoms with E-state index in [9.17, 15) is 0 Å². The maximum atomic E-state index is 8.95. The Morgan fingerprint density at radius 2 is 2.08 bits per heavy atom. The van der Waals surface area contributed by atoms with Crippen molar-refractivity contribution in [2.24, 2.45) is 5.73 Å². The van der Waals surface area contributed by atoms with Crippen molar-refractivity contribution in [1.29, 1.82) is 0 Å². The first-order chi connectivity index (χ1) is 6.14. The molecule has 1 aliphatic rings. The van der Waals surface area contributed by atoms with Crippen LogP contribution in [0.3, 0.4) is 0 Å². The van der Waals surface area contributed by atoms with E-state index in [-0.39, 0.29) is 12.1 Å². The molecule has 0 aliphatic heterocycles. The number of hydrogen-bond acceptors (Lipinski definition) is 3. The summed E-state index contributed by atoms with van der Waals surface area (Å²) in [5.41, 5.74) is 5.47. The molecule has 13 heavy (non-hydrogen) atoms. The van der Waals surface area contributed by atoms with Crippen LogP contribution >= 0.6 is 11.8 Å². The van der Waals surface area contributed by atoms with E-state index in [4.69, 9.17) is 10.8 Å². The van der Waals surface area contributed by atoms with E-state index >= 15 is 0 Å². The Labute approximate surface area is 85.3 Å². The number of aliphatic hydroxyl groups is 1. The lowest BCUT2D eigenvalue weighted by atomic mass is 10.0. The molecule has 1 fully saturated rings. The molecule has 3 N–H and O–H groups in total. The van der Waals surface area contributed by atoms with Gasteiger partial charge in [-0.05, 0) is 31.9 Å². The number of hydrogen-bond donors (Lipinski definition) is 2. The van der Waals surface area contributed by atoms with Crippen molar-refractivity contribution in [2.45, 2.75) is 49.8 Å². The molecule has 2 nitrogen and oxygen atoms in total. The Morgan fingerprint density at radius 3 is 2.62 bits per heavy atom. The third-order valence-corrected chi connectivity index (χ3v) is 4.07. The zero-order valence-corrected chi connectivity index (χ0v) is 9.28. The Morgan fingerprint density at radius 1 is 1.46 bits per heavy atom. The Balaban J connectivity index is 2.06. The second-order valence-corrected chi connectivity index (χ2v) is 5.75. The highest BCUT2D eigenvalue weighted by Gasteiger charge is 2.19. The molecule has 1 saturated carbocycles. The van der Waals surface area contributed by atoms with E-state index in [2.05, 4.69) is 0 Å². The Hall–Kier alpha value is 0.270. The van der Waals surface area contributed by atoms with Gasteiger partial charge in [-0.2, -0.15) is 11.8 Å². The average molecular weight is 203 g/mol. The fourth-order valence-corrected chi connectivity index (χ4v) is 3.18. The van der Waals surface area contributed by atoms with Crippen LogP contribution in [0.4, 0.5) is 0 Å². The van der Waals surface area contributed by atoms with Gasteiger partial charge in [-0.1, -0.05) is 12.8 Å². The van der Waals surface area contributed by atoms with Gasteiger partial charge in [-0.25, -0.2) is 0 Å². The van der Waals surface area contributed by atoms with E-state index < -0.39 is 0 Å². The predicted molar refractivity (Wildman–Crippen MR) is 59.0 cm³/mol. The molecule has 1 atom stereocenters. The molecule has 0 spiro atoms. The summed E-state index contributed by atoms with van der Waals surface area (Å²) in [5.74, 6) is 1.10. The van der Waals surface area contributed by atoms with Crippen LogP contribution in [-0.4, -0.2) is 28.3 Å². The van der Waals surface area contributed by atoms with Crippen LogP contribution in [0.1, 0.15) is 39.0 Å². The normalized spacial score (nSPS) is 23.3. The highest BCUT2D eigenvalue weighted by Crippen LogP contribution is 2.30. The zero-order valence-electron chi connectivity index (χ0n) is 8.46. The van der Waals surface area contributed by atoms with Crippen LogP contribution in [0, 0.1) is 0 Å². The number of thioether (sulfide) groups is 1. The molecular formula is C10H21NOS. The zero-order chi connectivity index (χ0) is 9.73. The molecule has 1 unspecified atom stereocenters. The lowest BCUT2D eigenvalue weighted by molar-refractivity contribution is 0.206. The van der Waals surface area contributed by atoms with Gasteiger partial charge in [0.15, 0.2) is 0 Å². The van der Waals surface area contributed by atoms with Gasteiger partial charge in [0.1, 0.15) is 0 Å². The SMILES string of the molecule is CC(N)(CO)CCSC1CCCC1. The van der Waals surface area contributed by atoms with Gasteiger partial charge >= 0.3 is 0 Å². The molecule has 1 aliphatic carbocycles. The van der Waals surface area contributed by atoms with Crippen molar-refractivity contribution in [2.75, 3.05) is 12.4 Å². The molecule has 0 aromatic rings. The minimum Gasteiger partial charge on any atom is -0.394 e. The molecule has 3 heteroatoms. The van der Waals surface area contributed by atoms with Gasteiger partial charge in [-0.15, -0.1) is 0 Å². The second kappa shape index (κ2) is 5.23. The summed E-state index contributed by atoms with van der Waals surface area (Å²) in [6.07, 6.45) is 6.48. The van der Waals surface area contributed by atoms with E-state index in [1.807, 2.05) is 18.7 Å². The first-order valence-corrected chi connectivity index (χ1v) is 6.20. The van der Waals surface area contributed by atoms with Gasteiger partial charge in [-0.3, -0.25) is 0 Å². The monoisotopic (exact) mass is 203 g/mol. The molecule has 0 aromatic heterocycles. The maximum Gasteiger partial charge on any atom is 0.0608 e. The summed E-state index contributed by atoms with van der Waals surface area (Å²) in [7, 11) is 0. The van der Waals surface area contributed by atoms with Crippen molar-refractivity contribution in [3.8, 4) is 0 Å². The second-order valence-electron chi connectivity index (χ2n) is 4.34. The molecule has 0 saturated heterocycles. The molecular weight excluding hydrogens is 182 g/mol. The van der Waals surface area contributed by atoms with E-state index in [0.29, 0.717) is 0 Å². The first kappa shape index (κ1) is 11.3. The predicted octanol–water partition coefficient (Wildman–Crippen LogP) is 1.76. The van der Waals surface area contributed by atoms with Gasteiger partial charge < -0.3 is 10.8 Å². The quantitative estimate of drug-likeness (QED) is 0.716. The fraction of sp³-hybridized carbons (Fsp3) is 1.00. The van der Waals surface area contributed by atoms with E-state index in [0.717, 1.165) is 17.4 Å². The third kappa shape index (κ3) is 4.34. The van der Waals surface area contributed by atoms with Crippen molar-refractivity contribution in [1.82, 2.24) is 0 Å². The Kier molecular flexibility index (Phi) is 4.56. The third-order valence-electron chi connectivity index (χ3n) is 2.69. The van der Waals surface area contributed by atoms with Gasteiger partial charge in [0.25, 0.3) is 0 Å². The lowest BCUT2D eigenvalue weighted by Crippen LogP contribution is -2.40. The van der Waals surface area contributed by atoms with Gasteiger partial charge in [0, 0.05) is 10.8 Å². The van der Waals surface area contributed by atoms with Crippen molar-refractivity contribution in [3.63, 3.8) is 0 Å². The molecule has 78 valence electrons. The maximum absolute atomic E-state index is 8.95. The summed E-state index contributed by atoms with van der Waals surface area (Å²) in [6, 6.07) is 0. The summed E-state index contributed by atoms with van der Waals surface area (Å²) < 4.78 is 0. The van der Waals surface area contributed by atoms with E-state index in [1.165, 1.54) is 25.7 Å². The van der Waals surface area contributed by atoms with Crippen LogP contribution in [0.5, 0.6) is 0 Å². The van der Waals surface area contributed by atoms with Crippen molar-refractivity contribution >= 4 is 11.8 Å². The molecule has 0 bridgehead atoms. The van der Waals surface area contributed by atoms with Crippen LogP contribution in [-0.2, 0) is 0 Å². The standard InChI is InChI=1S/C10H21NOS/c1-10(11,8-12)6-7-13-9-4-2-3-5-9/h9,12H,2-8,11H2,1H3. The summed E-state index contributed by atoms with van der Waals surface area (Å²) >= 11 is 2.04.